The molecule has 0 bridgehead atoms. The SMILES string of the molecule is CCCNC(c1c(OC)cnn1C)C(CC)(CC)N(C)C. The monoisotopic (exact) mass is 296 g/mol. The first-order valence-electron chi connectivity index (χ1n) is 7.95. The highest BCUT2D eigenvalue weighted by Crippen LogP contribution is 2.39. The van der Waals surface area contributed by atoms with E-state index in [-0.39, 0.29) is 11.6 Å². The van der Waals surface area contributed by atoms with E-state index in [4.69, 9.17) is 4.74 Å². The van der Waals surface area contributed by atoms with Crippen molar-refractivity contribution in [2.45, 2.75) is 51.6 Å². The highest BCUT2D eigenvalue weighted by atomic mass is 16.5. The maximum Gasteiger partial charge on any atom is 0.161 e. The Kier molecular flexibility index (Phi) is 6.68. The Labute approximate surface area is 129 Å². The van der Waals surface area contributed by atoms with Gasteiger partial charge in [0.2, 0.25) is 0 Å². The fraction of sp³-hybridized carbons (Fsp3) is 0.812. The lowest BCUT2D eigenvalue weighted by atomic mass is 9.81. The molecule has 0 saturated carbocycles. The molecule has 1 unspecified atom stereocenters. The minimum absolute atomic E-state index is 0.0379. The number of likely N-dealkylation sites (N-methyl/N-ethyl adjacent to an activating group) is 1. The maximum absolute atomic E-state index is 5.55. The van der Waals surface area contributed by atoms with Crippen molar-refractivity contribution in [2.24, 2.45) is 7.05 Å². The maximum atomic E-state index is 5.55. The van der Waals surface area contributed by atoms with Crippen LogP contribution in [0.5, 0.6) is 5.75 Å². The molecule has 1 aromatic rings. The first-order valence-corrected chi connectivity index (χ1v) is 7.95. The predicted molar refractivity (Wildman–Crippen MR) is 87.8 cm³/mol. The molecule has 0 saturated heterocycles. The number of rotatable bonds is 9. The molecule has 1 aromatic heterocycles. The second-order valence-corrected chi connectivity index (χ2v) is 5.81. The topological polar surface area (TPSA) is 42.3 Å². The van der Waals surface area contributed by atoms with Crippen molar-refractivity contribution < 1.29 is 4.74 Å². The number of ether oxygens (including phenoxy) is 1. The van der Waals surface area contributed by atoms with E-state index < -0.39 is 0 Å². The van der Waals surface area contributed by atoms with Crippen molar-refractivity contribution in [3.63, 3.8) is 0 Å². The molecule has 0 radical (unpaired) electrons. The van der Waals surface area contributed by atoms with Crippen LogP contribution in [0.25, 0.3) is 0 Å². The zero-order valence-corrected chi connectivity index (χ0v) is 14.7. The number of hydrogen-bond acceptors (Lipinski definition) is 4. The molecule has 5 nitrogen and oxygen atoms in total. The molecule has 1 N–H and O–H groups in total. The summed E-state index contributed by atoms with van der Waals surface area (Å²) in [6.07, 6.45) is 5.04. The lowest BCUT2D eigenvalue weighted by Gasteiger charge is -2.45. The van der Waals surface area contributed by atoms with Gasteiger partial charge in [-0.2, -0.15) is 5.10 Å². The summed E-state index contributed by atoms with van der Waals surface area (Å²) in [7, 11) is 8.03. The van der Waals surface area contributed by atoms with E-state index >= 15 is 0 Å². The van der Waals surface area contributed by atoms with Gasteiger partial charge in [-0.3, -0.25) is 4.68 Å². The summed E-state index contributed by atoms with van der Waals surface area (Å²) in [4.78, 5) is 2.34. The van der Waals surface area contributed by atoms with Crippen LogP contribution in [0, 0.1) is 0 Å². The summed E-state index contributed by atoms with van der Waals surface area (Å²) < 4.78 is 7.49. The minimum Gasteiger partial charge on any atom is -0.493 e. The molecule has 0 amide bonds. The van der Waals surface area contributed by atoms with Gasteiger partial charge in [-0.15, -0.1) is 0 Å². The van der Waals surface area contributed by atoms with Crippen LogP contribution in [0.2, 0.25) is 0 Å². The van der Waals surface area contributed by atoms with Gasteiger partial charge in [0.25, 0.3) is 0 Å². The van der Waals surface area contributed by atoms with Gasteiger partial charge in [0.05, 0.1) is 25.0 Å². The average molecular weight is 296 g/mol. The van der Waals surface area contributed by atoms with Gasteiger partial charge in [-0.05, 0) is 39.9 Å². The van der Waals surface area contributed by atoms with Gasteiger partial charge in [-0.1, -0.05) is 20.8 Å². The van der Waals surface area contributed by atoms with Gasteiger partial charge in [0, 0.05) is 12.6 Å². The standard InChI is InChI=1S/C16H32N4O/c1-8-11-17-15(16(9-2,10-3)19(4)5)14-13(21-7)12-18-20(14)6/h12,15,17H,8-11H2,1-7H3. The Morgan fingerprint density at radius 1 is 1.33 bits per heavy atom. The number of hydrogen-bond donors (Lipinski definition) is 1. The molecule has 1 heterocycles. The van der Waals surface area contributed by atoms with E-state index in [1.165, 1.54) is 0 Å². The normalized spacial score (nSPS) is 13.7. The molecule has 0 aromatic carbocycles. The smallest absolute Gasteiger partial charge is 0.161 e. The van der Waals surface area contributed by atoms with E-state index in [0.29, 0.717) is 0 Å². The number of nitrogens with one attached hydrogen (secondary N) is 1. The van der Waals surface area contributed by atoms with Crippen LogP contribution in [0.15, 0.2) is 6.20 Å². The van der Waals surface area contributed by atoms with Crippen molar-refractivity contribution in [2.75, 3.05) is 27.7 Å². The number of aryl methyl sites for hydroxylation is 1. The van der Waals surface area contributed by atoms with Gasteiger partial charge in [0.15, 0.2) is 5.75 Å². The van der Waals surface area contributed by atoms with Crippen molar-refractivity contribution in [3.05, 3.63) is 11.9 Å². The van der Waals surface area contributed by atoms with Gasteiger partial charge >= 0.3 is 0 Å². The largest absolute Gasteiger partial charge is 0.493 e. The third-order valence-electron chi connectivity index (χ3n) is 4.69. The molecule has 1 rings (SSSR count). The van der Waals surface area contributed by atoms with Gasteiger partial charge in [-0.25, -0.2) is 0 Å². The van der Waals surface area contributed by atoms with Crippen molar-refractivity contribution in [1.29, 1.82) is 0 Å². The first kappa shape index (κ1) is 18.0. The Morgan fingerprint density at radius 3 is 2.38 bits per heavy atom. The summed E-state index contributed by atoms with van der Waals surface area (Å²) in [5.41, 5.74) is 1.17. The lowest BCUT2D eigenvalue weighted by molar-refractivity contribution is 0.0831. The van der Waals surface area contributed by atoms with Crippen LogP contribution < -0.4 is 10.1 Å². The first-order chi connectivity index (χ1) is 9.98. The van der Waals surface area contributed by atoms with Crippen LogP contribution in [0.1, 0.15) is 51.8 Å². The fourth-order valence-electron chi connectivity index (χ4n) is 3.29. The van der Waals surface area contributed by atoms with E-state index in [1.807, 2.05) is 17.9 Å². The number of nitrogens with zero attached hydrogens (tertiary/aromatic N) is 3. The Bertz CT molecular complexity index is 424. The van der Waals surface area contributed by atoms with Crippen molar-refractivity contribution in [3.8, 4) is 5.75 Å². The van der Waals surface area contributed by atoms with Gasteiger partial charge in [0.1, 0.15) is 0 Å². The zero-order chi connectivity index (χ0) is 16.0. The zero-order valence-electron chi connectivity index (χ0n) is 14.7. The van der Waals surface area contributed by atoms with Crippen LogP contribution >= 0.6 is 0 Å². The summed E-state index contributed by atoms with van der Waals surface area (Å²) in [5.74, 6) is 0.860. The number of methoxy groups -OCH3 is 1. The molecule has 0 aliphatic rings. The van der Waals surface area contributed by atoms with E-state index in [2.05, 4.69) is 50.2 Å². The highest BCUT2D eigenvalue weighted by molar-refractivity contribution is 5.31. The van der Waals surface area contributed by atoms with E-state index in [0.717, 1.165) is 37.3 Å². The minimum atomic E-state index is 0.0379. The molecule has 0 aliphatic carbocycles. The van der Waals surface area contributed by atoms with E-state index in [9.17, 15) is 0 Å². The quantitative estimate of drug-likeness (QED) is 0.760. The molecule has 0 aliphatic heterocycles. The van der Waals surface area contributed by atoms with Crippen LogP contribution in [-0.4, -0.2) is 48.0 Å². The van der Waals surface area contributed by atoms with Crippen LogP contribution in [0.4, 0.5) is 0 Å². The molecule has 21 heavy (non-hydrogen) atoms. The summed E-state index contributed by atoms with van der Waals surface area (Å²) in [5, 5.41) is 8.12. The second-order valence-electron chi connectivity index (χ2n) is 5.81. The Morgan fingerprint density at radius 2 is 1.95 bits per heavy atom. The fourth-order valence-corrected chi connectivity index (χ4v) is 3.29. The molecular formula is C16H32N4O. The third-order valence-corrected chi connectivity index (χ3v) is 4.69. The van der Waals surface area contributed by atoms with Crippen molar-refractivity contribution in [1.82, 2.24) is 20.0 Å². The molecule has 122 valence electrons. The molecule has 1 atom stereocenters. The summed E-state index contributed by atoms with van der Waals surface area (Å²) >= 11 is 0. The molecule has 5 heteroatoms. The average Bonchev–Trinajstić information content (AvgIpc) is 2.84. The third kappa shape index (κ3) is 3.40. The number of aromatic nitrogens is 2. The van der Waals surface area contributed by atoms with E-state index in [1.54, 1.807) is 7.11 Å². The van der Waals surface area contributed by atoms with Crippen LogP contribution in [-0.2, 0) is 7.05 Å². The lowest BCUT2D eigenvalue weighted by Crippen LogP contribution is -2.53. The Hall–Kier alpha value is -1.07. The predicted octanol–water partition coefficient (Wildman–Crippen LogP) is 2.59. The molecular weight excluding hydrogens is 264 g/mol. The highest BCUT2D eigenvalue weighted by Gasteiger charge is 2.41. The Balaban J connectivity index is 3.35. The van der Waals surface area contributed by atoms with Gasteiger partial charge < -0.3 is 15.0 Å². The molecule has 0 fully saturated rings. The van der Waals surface area contributed by atoms with Crippen LogP contribution in [0.3, 0.4) is 0 Å². The molecule has 0 spiro atoms. The second kappa shape index (κ2) is 7.80. The summed E-state index contributed by atoms with van der Waals surface area (Å²) in [6, 6.07) is 0.185. The summed E-state index contributed by atoms with van der Waals surface area (Å²) in [6.45, 7) is 7.69. The van der Waals surface area contributed by atoms with Crippen molar-refractivity contribution >= 4 is 0 Å².